The Labute approximate surface area is 110 Å². The highest BCUT2D eigenvalue weighted by atomic mass is 35.5. The molecule has 0 aliphatic heterocycles. The van der Waals surface area contributed by atoms with Crippen molar-refractivity contribution < 1.29 is 9.50 Å². The van der Waals surface area contributed by atoms with Crippen LogP contribution >= 0.6 is 11.6 Å². The van der Waals surface area contributed by atoms with Crippen LogP contribution in [-0.4, -0.2) is 5.11 Å². The van der Waals surface area contributed by atoms with Gasteiger partial charge in [0.2, 0.25) is 0 Å². The van der Waals surface area contributed by atoms with Crippen LogP contribution in [0.25, 0.3) is 0 Å². The van der Waals surface area contributed by atoms with E-state index < -0.39 is 6.10 Å². The predicted molar refractivity (Wildman–Crippen MR) is 69.3 cm³/mol. The highest BCUT2D eigenvalue weighted by Gasteiger charge is 2.30. The average Bonchev–Trinajstić information content (AvgIpc) is 2.67. The fourth-order valence-corrected chi connectivity index (χ4v) is 2.82. The molecule has 18 heavy (non-hydrogen) atoms. The first-order chi connectivity index (χ1) is 8.65. The molecule has 0 amide bonds. The summed E-state index contributed by atoms with van der Waals surface area (Å²) in [5.74, 6) is -0.155. The highest BCUT2D eigenvalue weighted by Crippen LogP contribution is 2.44. The highest BCUT2D eigenvalue weighted by molar-refractivity contribution is 6.30. The van der Waals surface area contributed by atoms with Gasteiger partial charge in [0.25, 0.3) is 0 Å². The Bertz CT molecular complexity index is 580. The Morgan fingerprint density at radius 1 is 1.06 bits per heavy atom. The van der Waals surface area contributed by atoms with Crippen molar-refractivity contribution in [3.63, 3.8) is 0 Å². The van der Waals surface area contributed by atoms with E-state index in [1.54, 1.807) is 18.2 Å². The molecule has 3 rings (SSSR count). The molecule has 92 valence electrons. The van der Waals surface area contributed by atoms with Crippen molar-refractivity contribution in [1.29, 1.82) is 0 Å². The normalized spacial score (nSPS) is 21.9. The van der Waals surface area contributed by atoms with Crippen LogP contribution in [0.3, 0.4) is 0 Å². The van der Waals surface area contributed by atoms with Gasteiger partial charge < -0.3 is 5.11 Å². The summed E-state index contributed by atoms with van der Waals surface area (Å²) in [6.45, 7) is 0. The lowest BCUT2D eigenvalue weighted by atomic mass is 9.93. The van der Waals surface area contributed by atoms with Gasteiger partial charge in [0.15, 0.2) is 0 Å². The van der Waals surface area contributed by atoms with E-state index in [1.165, 1.54) is 12.1 Å². The van der Waals surface area contributed by atoms with E-state index in [4.69, 9.17) is 11.6 Å². The van der Waals surface area contributed by atoms with Crippen molar-refractivity contribution in [2.45, 2.75) is 18.4 Å². The second-order valence-corrected chi connectivity index (χ2v) is 5.07. The summed E-state index contributed by atoms with van der Waals surface area (Å²) in [5, 5.41) is 10.7. The second kappa shape index (κ2) is 4.38. The van der Waals surface area contributed by atoms with Gasteiger partial charge in [0.1, 0.15) is 5.82 Å². The molecule has 0 radical (unpaired) electrons. The predicted octanol–water partition coefficient (Wildman–Crippen LogP) is 4.05. The Morgan fingerprint density at radius 2 is 1.78 bits per heavy atom. The molecule has 1 aliphatic carbocycles. The number of rotatable bonds is 1. The standard InChI is InChI=1S/C15H12ClFO/c16-10-3-6-12-14(7-10)13(8-15(12)18)9-1-4-11(17)5-2-9/h1-7,13,15,18H,8H2/t13-,15-/m0/s1. The third-order valence-corrected chi connectivity index (χ3v) is 3.75. The van der Waals surface area contributed by atoms with E-state index in [9.17, 15) is 9.50 Å². The molecule has 0 unspecified atom stereocenters. The van der Waals surface area contributed by atoms with Crippen molar-refractivity contribution in [3.05, 3.63) is 70.0 Å². The summed E-state index contributed by atoms with van der Waals surface area (Å²) in [7, 11) is 0. The van der Waals surface area contributed by atoms with Crippen LogP contribution in [0, 0.1) is 5.82 Å². The molecule has 1 aliphatic rings. The van der Waals surface area contributed by atoms with E-state index in [-0.39, 0.29) is 11.7 Å². The van der Waals surface area contributed by atoms with Crippen molar-refractivity contribution in [2.75, 3.05) is 0 Å². The number of aliphatic hydroxyl groups is 1. The quantitative estimate of drug-likeness (QED) is 0.822. The first-order valence-corrected chi connectivity index (χ1v) is 6.26. The van der Waals surface area contributed by atoms with Crippen LogP contribution in [0.15, 0.2) is 42.5 Å². The molecule has 0 saturated carbocycles. The number of hydrogen-bond donors (Lipinski definition) is 1. The minimum atomic E-state index is -0.465. The second-order valence-electron chi connectivity index (χ2n) is 4.63. The van der Waals surface area contributed by atoms with Crippen molar-refractivity contribution in [1.82, 2.24) is 0 Å². The molecule has 0 bridgehead atoms. The van der Waals surface area contributed by atoms with Gasteiger partial charge in [-0.15, -0.1) is 0 Å². The topological polar surface area (TPSA) is 20.2 Å². The molecule has 0 saturated heterocycles. The number of hydrogen-bond acceptors (Lipinski definition) is 1. The number of benzene rings is 2. The first kappa shape index (κ1) is 11.7. The lowest BCUT2D eigenvalue weighted by Crippen LogP contribution is -1.96. The van der Waals surface area contributed by atoms with E-state index in [0.29, 0.717) is 11.4 Å². The lowest BCUT2D eigenvalue weighted by molar-refractivity contribution is 0.176. The maximum atomic E-state index is 12.9. The molecule has 1 nitrogen and oxygen atoms in total. The van der Waals surface area contributed by atoms with Crippen LogP contribution in [0.5, 0.6) is 0 Å². The van der Waals surface area contributed by atoms with Crippen molar-refractivity contribution >= 4 is 11.6 Å². The maximum absolute atomic E-state index is 12.9. The molecule has 0 fully saturated rings. The van der Waals surface area contributed by atoms with Crippen LogP contribution in [-0.2, 0) is 0 Å². The molecule has 2 aromatic rings. The molecule has 1 N–H and O–H groups in total. The lowest BCUT2D eigenvalue weighted by Gasteiger charge is -2.12. The van der Waals surface area contributed by atoms with Gasteiger partial charge in [-0.25, -0.2) is 4.39 Å². The zero-order chi connectivity index (χ0) is 12.7. The molecule has 2 aromatic carbocycles. The van der Waals surface area contributed by atoms with Crippen LogP contribution in [0.4, 0.5) is 4.39 Å². The third-order valence-electron chi connectivity index (χ3n) is 3.51. The van der Waals surface area contributed by atoms with Crippen LogP contribution in [0.2, 0.25) is 5.02 Å². The summed E-state index contributed by atoms with van der Waals surface area (Å²) in [5.41, 5.74) is 2.98. The largest absolute Gasteiger partial charge is 0.388 e. The molecule has 0 spiro atoms. The van der Waals surface area contributed by atoms with E-state index >= 15 is 0 Å². The Balaban J connectivity index is 2.06. The first-order valence-electron chi connectivity index (χ1n) is 5.88. The number of halogens is 2. The van der Waals surface area contributed by atoms with E-state index in [1.807, 2.05) is 12.1 Å². The Kier molecular flexibility index (Phi) is 2.84. The van der Waals surface area contributed by atoms with Crippen LogP contribution in [0.1, 0.15) is 35.1 Å². The molecule has 3 heteroatoms. The van der Waals surface area contributed by atoms with Crippen LogP contribution < -0.4 is 0 Å². The smallest absolute Gasteiger partial charge is 0.123 e. The van der Waals surface area contributed by atoms with Gasteiger partial charge in [-0.3, -0.25) is 0 Å². The average molecular weight is 263 g/mol. The van der Waals surface area contributed by atoms with Gasteiger partial charge in [0.05, 0.1) is 6.10 Å². The Hall–Kier alpha value is -1.38. The molecule has 0 heterocycles. The fourth-order valence-electron chi connectivity index (χ4n) is 2.64. The minimum absolute atomic E-state index is 0.0919. The summed E-state index contributed by atoms with van der Waals surface area (Å²) in [4.78, 5) is 0. The monoisotopic (exact) mass is 262 g/mol. The summed E-state index contributed by atoms with van der Waals surface area (Å²) in [6, 6.07) is 12.0. The fraction of sp³-hybridized carbons (Fsp3) is 0.200. The summed E-state index contributed by atoms with van der Waals surface area (Å²) < 4.78 is 12.9. The van der Waals surface area contributed by atoms with Crippen molar-refractivity contribution in [3.8, 4) is 0 Å². The van der Waals surface area contributed by atoms with Gasteiger partial charge in [-0.1, -0.05) is 29.8 Å². The minimum Gasteiger partial charge on any atom is -0.388 e. The van der Waals surface area contributed by atoms with Crippen molar-refractivity contribution in [2.24, 2.45) is 0 Å². The number of aliphatic hydroxyl groups excluding tert-OH is 1. The zero-order valence-electron chi connectivity index (χ0n) is 9.61. The van der Waals surface area contributed by atoms with Gasteiger partial charge in [-0.05, 0) is 47.4 Å². The van der Waals surface area contributed by atoms with Gasteiger partial charge >= 0.3 is 0 Å². The van der Waals surface area contributed by atoms with Gasteiger partial charge in [0, 0.05) is 10.9 Å². The van der Waals surface area contributed by atoms with E-state index in [2.05, 4.69) is 0 Å². The molecular weight excluding hydrogens is 251 g/mol. The summed E-state index contributed by atoms with van der Waals surface area (Å²) >= 11 is 6.01. The van der Waals surface area contributed by atoms with E-state index in [0.717, 1.165) is 16.7 Å². The zero-order valence-corrected chi connectivity index (χ0v) is 10.4. The summed E-state index contributed by atoms with van der Waals surface area (Å²) in [6.07, 6.45) is 0.161. The molecule has 0 aromatic heterocycles. The maximum Gasteiger partial charge on any atom is 0.123 e. The third kappa shape index (κ3) is 1.92. The SMILES string of the molecule is O[C@H]1C[C@@H](c2ccc(F)cc2)c2cc(Cl)ccc21. The van der Waals surface area contributed by atoms with Gasteiger partial charge in [-0.2, -0.15) is 0 Å². The molecule has 2 atom stereocenters. The number of fused-ring (bicyclic) bond motifs is 1. The molecular formula is C15H12ClFO. The Morgan fingerprint density at radius 3 is 2.50 bits per heavy atom.